The molecule has 0 amide bonds. The molecule has 110 valence electrons. The van der Waals surface area contributed by atoms with Gasteiger partial charge in [0.2, 0.25) is 0 Å². The van der Waals surface area contributed by atoms with Crippen LogP contribution in [0.1, 0.15) is 24.9 Å². The summed E-state index contributed by atoms with van der Waals surface area (Å²) in [6.07, 6.45) is 0.458. The molecule has 0 bridgehead atoms. The van der Waals surface area contributed by atoms with E-state index in [1.807, 2.05) is 25.1 Å². The molecule has 0 aliphatic carbocycles. The highest BCUT2D eigenvalue weighted by molar-refractivity contribution is 5.60. The Morgan fingerprint density at radius 2 is 2.10 bits per heavy atom. The molecule has 0 radical (unpaired) electrons. The van der Waals surface area contributed by atoms with E-state index in [9.17, 15) is 0 Å². The highest BCUT2D eigenvalue weighted by atomic mass is 16.5. The van der Waals surface area contributed by atoms with Crippen molar-refractivity contribution in [3.05, 3.63) is 23.8 Å². The van der Waals surface area contributed by atoms with Gasteiger partial charge < -0.3 is 20.1 Å². The second kappa shape index (κ2) is 8.41. The third-order valence-electron chi connectivity index (χ3n) is 3.12. The smallest absolute Gasteiger partial charge is 0.125 e. The van der Waals surface area contributed by atoms with Gasteiger partial charge in [0.15, 0.2) is 0 Å². The molecule has 0 aliphatic rings. The van der Waals surface area contributed by atoms with Crippen molar-refractivity contribution in [3.8, 4) is 11.8 Å². The van der Waals surface area contributed by atoms with Crippen LogP contribution in [-0.2, 0) is 4.74 Å². The zero-order valence-corrected chi connectivity index (χ0v) is 12.4. The molecule has 0 saturated carbocycles. The highest BCUT2D eigenvalue weighted by Gasteiger charge is 2.17. The SMILES string of the molecule is COCCN(CCC#N)c1cccc(OC)c1C(C)N. The van der Waals surface area contributed by atoms with Gasteiger partial charge in [-0.05, 0) is 19.1 Å². The number of nitrogens with zero attached hydrogens (tertiary/aromatic N) is 2. The van der Waals surface area contributed by atoms with E-state index in [1.165, 1.54) is 0 Å². The molecule has 2 N–H and O–H groups in total. The largest absolute Gasteiger partial charge is 0.496 e. The first-order chi connectivity index (χ1) is 9.65. The number of anilines is 1. The summed E-state index contributed by atoms with van der Waals surface area (Å²) in [7, 11) is 3.31. The summed E-state index contributed by atoms with van der Waals surface area (Å²) in [4.78, 5) is 2.12. The highest BCUT2D eigenvalue weighted by Crippen LogP contribution is 2.33. The van der Waals surface area contributed by atoms with Crippen LogP contribution in [-0.4, -0.2) is 33.9 Å². The summed E-state index contributed by atoms with van der Waals surface area (Å²) in [6.45, 7) is 3.89. The molecule has 1 atom stereocenters. The van der Waals surface area contributed by atoms with Crippen molar-refractivity contribution in [2.45, 2.75) is 19.4 Å². The molecule has 1 aromatic rings. The maximum atomic E-state index is 8.81. The Hall–Kier alpha value is -1.77. The van der Waals surface area contributed by atoms with Crippen LogP contribution in [0.3, 0.4) is 0 Å². The van der Waals surface area contributed by atoms with Gasteiger partial charge >= 0.3 is 0 Å². The second-order valence-electron chi connectivity index (χ2n) is 4.57. The molecule has 1 rings (SSSR count). The van der Waals surface area contributed by atoms with Crippen LogP contribution in [0.25, 0.3) is 0 Å². The Kier molecular flexibility index (Phi) is 6.85. The number of rotatable bonds is 8. The van der Waals surface area contributed by atoms with Gasteiger partial charge in [-0.15, -0.1) is 0 Å². The summed E-state index contributed by atoms with van der Waals surface area (Å²) in [5.41, 5.74) is 8.05. The van der Waals surface area contributed by atoms with Crippen molar-refractivity contribution in [2.75, 3.05) is 38.8 Å². The van der Waals surface area contributed by atoms with Crippen LogP contribution >= 0.6 is 0 Å². The van der Waals surface area contributed by atoms with Gasteiger partial charge in [-0.25, -0.2) is 0 Å². The van der Waals surface area contributed by atoms with Crippen LogP contribution < -0.4 is 15.4 Å². The maximum Gasteiger partial charge on any atom is 0.125 e. The normalized spacial score (nSPS) is 11.8. The summed E-state index contributed by atoms with van der Waals surface area (Å²) in [6, 6.07) is 7.88. The zero-order valence-electron chi connectivity index (χ0n) is 12.4. The molecule has 0 heterocycles. The van der Waals surface area contributed by atoms with Gasteiger partial charge in [0.1, 0.15) is 5.75 Å². The fourth-order valence-corrected chi connectivity index (χ4v) is 2.18. The van der Waals surface area contributed by atoms with Crippen LogP contribution in [0.15, 0.2) is 18.2 Å². The minimum Gasteiger partial charge on any atom is -0.496 e. The van der Waals surface area contributed by atoms with E-state index in [-0.39, 0.29) is 6.04 Å². The zero-order chi connectivity index (χ0) is 15.0. The number of benzene rings is 1. The number of nitriles is 1. The van der Waals surface area contributed by atoms with Crippen molar-refractivity contribution < 1.29 is 9.47 Å². The molecular formula is C15H23N3O2. The number of ether oxygens (including phenoxy) is 2. The van der Waals surface area contributed by atoms with E-state index in [0.717, 1.165) is 17.0 Å². The molecule has 5 heteroatoms. The third-order valence-corrected chi connectivity index (χ3v) is 3.12. The Balaban J connectivity index is 3.13. The molecular weight excluding hydrogens is 254 g/mol. The van der Waals surface area contributed by atoms with Crippen molar-refractivity contribution in [1.82, 2.24) is 0 Å². The molecule has 0 aromatic heterocycles. The third kappa shape index (κ3) is 4.12. The predicted molar refractivity (Wildman–Crippen MR) is 79.9 cm³/mol. The molecule has 5 nitrogen and oxygen atoms in total. The van der Waals surface area contributed by atoms with Gasteiger partial charge in [0, 0.05) is 37.5 Å². The summed E-state index contributed by atoms with van der Waals surface area (Å²) < 4.78 is 10.5. The quantitative estimate of drug-likeness (QED) is 0.787. The Morgan fingerprint density at radius 1 is 1.35 bits per heavy atom. The van der Waals surface area contributed by atoms with E-state index >= 15 is 0 Å². The fraction of sp³-hybridized carbons (Fsp3) is 0.533. The van der Waals surface area contributed by atoms with Gasteiger partial charge in [-0.3, -0.25) is 0 Å². The number of hydrogen-bond acceptors (Lipinski definition) is 5. The minimum atomic E-state index is -0.145. The Morgan fingerprint density at radius 3 is 2.65 bits per heavy atom. The van der Waals surface area contributed by atoms with Crippen LogP contribution in [0, 0.1) is 11.3 Å². The average Bonchev–Trinajstić information content (AvgIpc) is 2.46. The van der Waals surface area contributed by atoms with E-state index in [2.05, 4.69) is 11.0 Å². The lowest BCUT2D eigenvalue weighted by atomic mass is 10.0. The van der Waals surface area contributed by atoms with Crippen molar-refractivity contribution >= 4 is 5.69 Å². The van der Waals surface area contributed by atoms with Gasteiger partial charge in [-0.1, -0.05) is 6.07 Å². The van der Waals surface area contributed by atoms with Gasteiger partial charge in [0.25, 0.3) is 0 Å². The van der Waals surface area contributed by atoms with E-state index in [1.54, 1.807) is 14.2 Å². The lowest BCUT2D eigenvalue weighted by Gasteiger charge is -2.28. The molecule has 0 aliphatic heterocycles. The lowest BCUT2D eigenvalue weighted by molar-refractivity contribution is 0.205. The Bertz CT molecular complexity index is 455. The molecule has 0 fully saturated rings. The van der Waals surface area contributed by atoms with Crippen molar-refractivity contribution in [3.63, 3.8) is 0 Å². The fourth-order valence-electron chi connectivity index (χ4n) is 2.18. The van der Waals surface area contributed by atoms with E-state index < -0.39 is 0 Å². The second-order valence-corrected chi connectivity index (χ2v) is 4.57. The molecule has 0 spiro atoms. The molecule has 0 saturated heterocycles. The van der Waals surface area contributed by atoms with Crippen LogP contribution in [0.5, 0.6) is 5.75 Å². The number of hydrogen-bond donors (Lipinski definition) is 1. The summed E-state index contributed by atoms with van der Waals surface area (Å²) in [5, 5.41) is 8.81. The number of methoxy groups -OCH3 is 2. The first-order valence-corrected chi connectivity index (χ1v) is 6.69. The van der Waals surface area contributed by atoms with Gasteiger partial charge in [-0.2, -0.15) is 5.26 Å². The minimum absolute atomic E-state index is 0.145. The van der Waals surface area contributed by atoms with Crippen molar-refractivity contribution in [2.24, 2.45) is 5.73 Å². The van der Waals surface area contributed by atoms with Gasteiger partial charge in [0.05, 0.1) is 26.2 Å². The van der Waals surface area contributed by atoms with E-state index in [0.29, 0.717) is 26.1 Å². The monoisotopic (exact) mass is 277 g/mol. The summed E-state index contributed by atoms with van der Waals surface area (Å²) >= 11 is 0. The topological polar surface area (TPSA) is 71.5 Å². The first-order valence-electron chi connectivity index (χ1n) is 6.69. The average molecular weight is 277 g/mol. The van der Waals surface area contributed by atoms with E-state index in [4.69, 9.17) is 20.5 Å². The molecule has 1 unspecified atom stereocenters. The summed E-state index contributed by atoms with van der Waals surface area (Å²) in [5.74, 6) is 0.775. The van der Waals surface area contributed by atoms with Crippen LogP contribution in [0.4, 0.5) is 5.69 Å². The number of nitrogens with two attached hydrogens (primary N) is 1. The van der Waals surface area contributed by atoms with Crippen molar-refractivity contribution in [1.29, 1.82) is 5.26 Å². The maximum absolute atomic E-state index is 8.81. The molecule has 1 aromatic carbocycles. The first kappa shape index (κ1) is 16.3. The predicted octanol–water partition coefficient (Wildman–Crippen LogP) is 2.08. The standard InChI is InChI=1S/C15H23N3O2/c1-12(17)15-13(6-4-7-14(15)20-3)18(9-5-8-16)10-11-19-2/h4,6-7,12H,5,9-11,17H2,1-3H3. The Labute approximate surface area is 120 Å². The van der Waals surface area contributed by atoms with Crippen LogP contribution in [0.2, 0.25) is 0 Å². The molecule has 20 heavy (non-hydrogen) atoms. The lowest BCUT2D eigenvalue weighted by Crippen LogP contribution is -2.30.